The summed E-state index contributed by atoms with van der Waals surface area (Å²) in [4.78, 5) is 0. The lowest BCUT2D eigenvalue weighted by Gasteiger charge is -2.27. The summed E-state index contributed by atoms with van der Waals surface area (Å²) in [5, 5.41) is 17.2. The van der Waals surface area contributed by atoms with Crippen molar-refractivity contribution in [1.29, 1.82) is 0 Å². The summed E-state index contributed by atoms with van der Waals surface area (Å²) in [5.74, 6) is 0.896. The molecule has 2 unspecified atom stereocenters. The first kappa shape index (κ1) is 15.8. The maximum Gasteiger partial charge on any atom is 0.209 e. The van der Waals surface area contributed by atoms with Gasteiger partial charge in [0.2, 0.25) is 5.16 Å². The molecule has 0 bridgehead atoms. The molecule has 1 aliphatic carbocycles. The van der Waals surface area contributed by atoms with Crippen molar-refractivity contribution < 1.29 is 0 Å². The van der Waals surface area contributed by atoms with Crippen molar-refractivity contribution in [1.82, 2.24) is 25.5 Å². The molecule has 1 saturated carbocycles. The summed E-state index contributed by atoms with van der Waals surface area (Å²) in [5.41, 5.74) is 0. The minimum Gasteiger partial charge on any atom is -0.313 e. The van der Waals surface area contributed by atoms with E-state index in [4.69, 9.17) is 0 Å². The monoisotopic (exact) mass is 297 g/mol. The number of tetrazole rings is 1. The summed E-state index contributed by atoms with van der Waals surface area (Å²) in [6, 6.07) is 0.506. The number of nitrogens with zero attached hydrogens (tertiary/aromatic N) is 4. The molecule has 1 aromatic rings. The Morgan fingerprint density at radius 2 is 2.25 bits per heavy atom. The minimum absolute atomic E-state index is 0.506. The Labute approximate surface area is 126 Å². The van der Waals surface area contributed by atoms with Gasteiger partial charge in [-0.1, -0.05) is 51.8 Å². The molecule has 0 radical (unpaired) electrons. The van der Waals surface area contributed by atoms with Gasteiger partial charge in [-0.05, 0) is 29.2 Å². The summed E-state index contributed by atoms with van der Waals surface area (Å²) >= 11 is 1.87. The average molecular weight is 297 g/mol. The van der Waals surface area contributed by atoms with Crippen molar-refractivity contribution in [2.45, 2.75) is 75.9 Å². The quantitative estimate of drug-likeness (QED) is 0.838. The summed E-state index contributed by atoms with van der Waals surface area (Å²) in [6.07, 6.45) is 6.68. The molecule has 1 fully saturated rings. The second-order valence-electron chi connectivity index (χ2n) is 5.97. The van der Waals surface area contributed by atoms with Gasteiger partial charge in [-0.2, -0.15) is 0 Å². The Balaban J connectivity index is 1.84. The van der Waals surface area contributed by atoms with Crippen LogP contribution >= 0.6 is 11.8 Å². The molecule has 1 heterocycles. The highest BCUT2D eigenvalue weighted by Crippen LogP contribution is 2.36. The Hall–Kier alpha value is -0.620. The van der Waals surface area contributed by atoms with Crippen LogP contribution in [0.1, 0.15) is 52.9 Å². The number of rotatable bonds is 7. The Kier molecular flexibility index (Phi) is 6.29. The fraction of sp³-hybridized carbons (Fsp3) is 0.929. The molecule has 0 saturated heterocycles. The van der Waals surface area contributed by atoms with E-state index in [1.165, 1.54) is 32.1 Å². The molecule has 0 aromatic carbocycles. The van der Waals surface area contributed by atoms with Crippen LogP contribution in [0.2, 0.25) is 0 Å². The van der Waals surface area contributed by atoms with Gasteiger partial charge in [0.25, 0.3) is 0 Å². The third-order valence-corrected chi connectivity index (χ3v) is 5.22. The molecular formula is C14H27N5S. The highest BCUT2D eigenvalue weighted by Gasteiger charge is 2.23. The maximum absolute atomic E-state index is 4.20. The van der Waals surface area contributed by atoms with Gasteiger partial charge in [0.15, 0.2) is 0 Å². The highest BCUT2D eigenvalue weighted by atomic mass is 32.2. The third-order valence-electron chi connectivity index (χ3n) is 3.96. The van der Waals surface area contributed by atoms with E-state index < -0.39 is 0 Å². The van der Waals surface area contributed by atoms with E-state index in [0.29, 0.717) is 11.3 Å². The maximum atomic E-state index is 4.20. The zero-order valence-corrected chi connectivity index (χ0v) is 13.7. The van der Waals surface area contributed by atoms with Gasteiger partial charge < -0.3 is 5.32 Å². The molecule has 6 heteroatoms. The summed E-state index contributed by atoms with van der Waals surface area (Å²) in [7, 11) is 0. The first-order valence-electron chi connectivity index (χ1n) is 7.85. The van der Waals surface area contributed by atoms with Gasteiger partial charge in [0, 0.05) is 17.8 Å². The van der Waals surface area contributed by atoms with Crippen LogP contribution in [0.4, 0.5) is 0 Å². The van der Waals surface area contributed by atoms with E-state index in [0.717, 1.165) is 24.2 Å². The SMILES string of the molecule is CCC1CCCC(Sc2nnnn2CCNC(C)C)C1. The number of thioether (sulfide) groups is 1. The molecule has 20 heavy (non-hydrogen) atoms. The number of hydrogen-bond donors (Lipinski definition) is 1. The Morgan fingerprint density at radius 3 is 3.00 bits per heavy atom. The van der Waals surface area contributed by atoms with E-state index >= 15 is 0 Å². The van der Waals surface area contributed by atoms with Crippen LogP contribution in [0.15, 0.2) is 5.16 Å². The molecule has 1 N–H and O–H groups in total. The average Bonchev–Trinajstić information content (AvgIpc) is 2.86. The first-order valence-corrected chi connectivity index (χ1v) is 8.73. The summed E-state index contributed by atoms with van der Waals surface area (Å²) in [6.45, 7) is 8.37. The van der Waals surface area contributed by atoms with Gasteiger partial charge in [-0.25, -0.2) is 4.68 Å². The molecule has 0 amide bonds. The van der Waals surface area contributed by atoms with E-state index in [9.17, 15) is 0 Å². The van der Waals surface area contributed by atoms with Gasteiger partial charge in [0.05, 0.1) is 6.54 Å². The van der Waals surface area contributed by atoms with Crippen LogP contribution in [-0.4, -0.2) is 38.0 Å². The largest absolute Gasteiger partial charge is 0.313 e. The lowest BCUT2D eigenvalue weighted by Crippen LogP contribution is -2.27. The second kappa shape index (κ2) is 7.98. The van der Waals surface area contributed by atoms with Crippen LogP contribution in [0.5, 0.6) is 0 Å². The van der Waals surface area contributed by atoms with E-state index in [1.807, 2.05) is 16.4 Å². The smallest absolute Gasteiger partial charge is 0.209 e. The number of aromatic nitrogens is 4. The van der Waals surface area contributed by atoms with Gasteiger partial charge in [-0.15, -0.1) is 5.10 Å². The van der Waals surface area contributed by atoms with E-state index in [1.54, 1.807) is 0 Å². The van der Waals surface area contributed by atoms with Crippen molar-refractivity contribution in [3.05, 3.63) is 0 Å². The second-order valence-corrected chi connectivity index (χ2v) is 7.24. The fourth-order valence-corrected chi connectivity index (χ4v) is 4.03. The lowest BCUT2D eigenvalue weighted by atomic mass is 9.87. The van der Waals surface area contributed by atoms with Crippen molar-refractivity contribution in [2.24, 2.45) is 5.92 Å². The lowest BCUT2D eigenvalue weighted by molar-refractivity contribution is 0.356. The zero-order chi connectivity index (χ0) is 14.4. The minimum atomic E-state index is 0.506. The number of hydrogen-bond acceptors (Lipinski definition) is 5. The predicted octanol–water partition coefficient (Wildman–Crippen LogP) is 2.73. The van der Waals surface area contributed by atoms with Crippen molar-refractivity contribution in [2.75, 3.05) is 6.54 Å². The van der Waals surface area contributed by atoms with Crippen LogP contribution in [0.25, 0.3) is 0 Å². The van der Waals surface area contributed by atoms with E-state index in [-0.39, 0.29) is 0 Å². The molecule has 114 valence electrons. The normalized spacial score (nSPS) is 23.4. The predicted molar refractivity (Wildman–Crippen MR) is 82.8 cm³/mol. The van der Waals surface area contributed by atoms with Crippen molar-refractivity contribution >= 4 is 11.8 Å². The van der Waals surface area contributed by atoms with Crippen LogP contribution in [-0.2, 0) is 6.54 Å². The third kappa shape index (κ3) is 4.74. The van der Waals surface area contributed by atoms with E-state index in [2.05, 4.69) is 41.6 Å². The summed E-state index contributed by atoms with van der Waals surface area (Å²) < 4.78 is 1.94. The Morgan fingerprint density at radius 1 is 1.40 bits per heavy atom. The van der Waals surface area contributed by atoms with Gasteiger partial charge >= 0.3 is 0 Å². The molecule has 1 aromatic heterocycles. The molecular weight excluding hydrogens is 270 g/mol. The van der Waals surface area contributed by atoms with Crippen LogP contribution in [0, 0.1) is 5.92 Å². The topological polar surface area (TPSA) is 55.6 Å². The number of nitrogens with one attached hydrogen (secondary N) is 1. The molecule has 5 nitrogen and oxygen atoms in total. The standard InChI is InChI=1S/C14H27N5S/c1-4-12-6-5-7-13(10-12)20-14-16-17-18-19(14)9-8-15-11(2)3/h11-13,15H,4-10H2,1-3H3. The molecule has 0 spiro atoms. The molecule has 1 aliphatic rings. The fourth-order valence-electron chi connectivity index (χ4n) is 2.75. The van der Waals surface area contributed by atoms with Gasteiger partial charge in [0.1, 0.15) is 0 Å². The van der Waals surface area contributed by atoms with Crippen LogP contribution in [0.3, 0.4) is 0 Å². The van der Waals surface area contributed by atoms with Crippen molar-refractivity contribution in [3.8, 4) is 0 Å². The Bertz CT molecular complexity index is 393. The molecule has 2 rings (SSSR count). The zero-order valence-electron chi connectivity index (χ0n) is 12.9. The highest BCUT2D eigenvalue weighted by molar-refractivity contribution is 7.99. The first-order chi connectivity index (χ1) is 9.69. The van der Waals surface area contributed by atoms with Gasteiger partial charge in [-0.3, -0.25) is 0 Å². The molecule has 2 atom stereocenters. The van der Waals surface area contributed by atoms with Crippen LogP contribution < -0.4 is 5.32 Å². The van der Waals surface area contributed by atoms with Crippen molar-refractivity contribution in [3.63, 3.8) is 0 Å². The molecule has 0 aliphatic heterocycles.